The molecule has 0 amide bonds. The molecule has 144 valence electrons. The molecule has 0 spiro atoms. The van der Waals surface area contributed by atoms with Gasteiger partial charge in [0.1, 0.15) is 9.69 Å². The lowest BCUT2D eigenvalue weighted by molar-refractivity contribution is 0.121. The van der Waals surface area contributed by atoms with Crippen molar-refractivity contribution in [2.24, 2.45) is 0 Å². The van der Waals surface area contributed by atoms with Crippen LogP contribution in [0.25, 0.3) is 21.4 Å². The summed E-state index contributed by atoms with van der Waals surface area (Å²) in [6.45, 7) is 6.44. The van der Waals surface area contributed by atoms with E-state index < -0.39 is 0 Å². The van der Waals surface area contributed by atoms with Crippen molar-refractivity contribution in [3.63, 3.8) is 0 Å². The third-order valence-electron chi connectivity index (χ3n) is 4.82. The van der Waals surface area contributed by atoms with Gasteiger partial charge in [0.05, 0.1) is 13.2 Å². The van der Waals surface area contributed by atoms with Crippen molar-refractivity contribution in [3.05, 3.63) is 58.6 Å². The van der Waals surface area contributed by atoms with Gasteiger partial charge in [0.15, 0.2) is 11.5 Å². The first-order chi connectivity index (χ1) is 13.6. The van der Waals surface area contributed by atoms with Gasteiger partial charge >= 0.3 is 0 Å². The minimum atomic E-state index is -0.00771. The Morgan fingerprint density at radius 3 is 2.68 bits per heavy atom. The Labute approximate surface area is 172 Å². The van der Waals surface area contributed by atoms with Crippen molar-refractivity contribution in [1.29, 1.82) is 0 Å². The maximum absolute atomic E-state index is 12.6. The Balaban J connectivity index is 1.72. The fraction of sp³-hybridized carbons (Fsp3) is 0.238. The fourth-order valence-corrected chi connectivity index (χ4v) is 4.22. The molecule has 2 aromatic heterocycles. The summed E-state index contributed by atoms with van der Waals surface area (Å²) in [6.07, 6.45) is 1.65. The second-order valence-electron chi connectivity index (χ2n) is 6.50. The van der Waals surface area contributed by atoms with Gasteiger partial charge in [-0.25, -0.2) is 0 Å². The Hall–Kier alpha value is -2.48. The summed E-state index contributed by atoms with van der Waals surface area (Å²) in [5.74, 6) is 0.605. The SMILES string of the molecule is C=CC(=S)N(C)c1ccc(-c2csc3c(=O)cc(N4CCOCC4)oc23)cc1. The monoisotopic (exact) mass is 412 g/mol. The van der Waals surface area contributed by atoms with Crippen LogP contribution in [-0.4, -0.2) is 38.3 Å². The van der Waals surface area contributed by atoms with E-state index in [9.17, 15) is 4.79 Å². The average Bonchev–Trinajstić information content (AvgIpc) is 3.18. The van der Waals surface area contributed by atoms with Crippen LogP contribution in [0.5, 0.6) is 0 Å². The number of rotatable bonds is 4. The Morgan fingerprint density at radius 2 is 2.00 bits per heavy atom. The molecule has 3 heterocycles. The molecule has 0 aliphatic carbocycles. The highest BCUT2D eigenvalue weighted by Crippen LogP contribution is 2.35. The second-order valence-corrected chi connectivity index (χ2v) is 7.80. The molecule has 4 rings (SSSR count). The van der Waals surface area contributed by atoms with E-state index in [2.05, 4.69) is 11.5 Å². The molecule has 3 aromatic rings. The minimum absolute atomic E-state index is 0.00771. The summed E-state index contributed by atoms with van der Waals surface area (Å²) in [5, 5.41) is 1.98. The van der Waals surface area contributed by atoms with Gasteiger partial charge in [-0.2, -0.15) is 0 Å². The van der Waals surface area contributed by atoms with Gasteiger partial charge in [0.25, 0.3) is 0 Å². The maximum Gasteiger partial charge on any atom is 0.204 e. The maximum atomic E-state index is 12.6. The molecule has 28 heavy (non-hydrogen) atoms. The lowest BCUT2D eigenvalue weighted by atomic mass is 10.1. The normalized spacial score (nSPS) is 14.2. The van der Waals surface area contributed by atoms with Gasteiger partial charge in [-0.15, -0.1) is 11.3 Å². The van der Waals surface area contributed by atoms with Crippen molar-refractivity contribution in [2.75, 3.05) is 43.2 Å². The van der Waals surface area contributed by atoms with E-state index in [1.807, 2.05) is 41.6 Å². The third-order valence-corrected chi connectivity index (χ3v) is 6.24. The zero-order valence-corrected chi connectivity index (χ0v) is 17.1. The first-order valence-corrected chi connectivity index (χ1v) is 10.3. The van der Waals surface area contributed by atoms with Crippen LogP contribution in [0.3, 0.4) is 0 Å². The van der Waals surface area contributed by atoms with Crippen LogP contribution in [0.4, 0.5) is 11.6 Å². The van der Waals surface area contributed by atoms with E-state index in [0.717, 1.165) is 29.9 Å². The first-order valence-electron chi connectivity index (χ1n) is 8.97. The minimum Gasteiger partial charge on any atom is -0.439 e. The summed E-state index contributed by atoms with van der Waals surface area (Å²) in [4.78, 5) is 17.2. The van der Waals surface area contributed by atoms with Crippen LogP contribution in [-0.2, 0) is 4.74 Å². The fourth-order valence-electron chi connectivity index (χ4n) is 3.20. The van der Waals surface area contributed by atoms with Crippen molar-refractivity contribution in [1.82, 2.24) is 0 Å². The number of benzene rings is 1. The molecule has 0 bridgehead atoms. The molecular formula is C21H20N2O3S2. The molecule has 0 saturated carbocycles. The van der Waals surface area contributed by atoms with Crippen molar-refractivity contribution >= 4 is 50.4 Å². The molecule has 1 aliphatic rings. The van der Waals surface area contributed by atoms with Crippen LogP contribution in [0.1, 0.15) is 0 Å². The summed E-state index contributed by atoms with van der Waals surface area (Å²) in [5.41, 5.74) is 3.53. The number of likely N-dealkylation sites (N-methyl/N-ethyl adjacent to an activating group) is 1. The number of thiophene rings is 1. The molecule has 1 aliphatic heterocycles. The molecule has 1 aromatic carbocycles. The van der Waals surface area contributed by atoms with Gasteiger partial charge in [-0.05, 0) is 23.8 Å². The van der Waals surface area contributed by atoms with Crippen LogP contribution in [0.15, 0.2) is 57.6 Å². The van der Waals surface area contributed by atoms with Crippen LogP contribution < -0.4 is 15.2 Å². The van der Waals surface area contributed by atoms with Crippen LogP contribution in [0.2, 0.25) is 0 Å². The van der Waals surface area contributed by atoms with Crippen LogP contribution >= 0.6 is 23.6 Å². The lowest BCUT2D eigenvalue weighted by Gasteiger charge is -2.27. The Morgan fingerprint density at radius 1 is 1.29 bits per heavy atom. The summed E-state index contributed by atoms with van der Waals surface area (Å²) < 4.78 is 12.2. The molecule has 5 nitrogen and oxygen atoms in total. The largest absolute Gasteiger partial charge is 0.439 e. The molecular weight excluding hydrogens is 392 g/mol. The molecule has 7 heteroatoms. The molecule has 0 radical (unpaired) electrons. The topological polar surface area (TPSA) is 45.9 Å². The highest BCUT2D eigenvalue weighted by atomic mass is 32.1. The van der Waals surface area contributed by atoms with Crippen molar-refractivity contribution in [3.8, 4) is 11.1 Å². The summed E-state index contributed by atoms with van der Waals surface area (Å²) >= 11 is 6.69. The van der Waals surface area contributed by atoms with E-state index in [0.29, 0.717) is 34.4 Å². The van der Waals surface area contributed by atoms with Crippen molar-refractivity contribution in [2.45, 2.75) is 0 Å². The Kier molecular flexibility index (Phi) is 5.30. The average molecular weight is 413 g/mol. The molecule has 0 atom stereocenters. The highest BCUT2D eigenvalue weighted by molar-refractivity contribution is 7.81. The van der Waals surface area contributed by atoms with Crippen molar-refractivity contribution < 1.29 is 9.15 Å². The van der Waals surface area contributed by atoms with Gasteiger partial charge < -0.3 is 19.0 Å². The van der Waals surface area contributed by atoms with E-state index in [1.165, 1.54) is 11.3 Å². The number of morpholine rings is 1. The predicted octanol–water partition coefficient (Wildman–Crippen LogP) is 4.31. The van der Waals surface area contributed by atoms with E-state index >= 15 is 0 Å². The van der Waals surface area contributed by atoms with E-state index in [-0.39, 0.29) is 5.43 Å². The second kappa shape index (κ2) is 7.87. The molecule has 0 N–H and O–H groups in total. The standard InChI is InChI=1S/C21H20N2O3S2/c1-3-19(27)22(2)15-6-4-14(5-7-15)16-13-28-21-17(24)12-18(26-20(16)21)23-8-10-25-11-9-23/h3-7,12-13H,1,8-11H2,2H3. The van der Waals surface area contributed by atoms with Crippen LogP contribution in [0, 0.1) is 0 Å². The van der Waals surface area contributed by atoms with E-state index in [1.54, 1.807) is 12.1 Å². The highest BCUT2D eigenvalue weighted by Gasteiger charge is 2.18. The smallest absolute Gasteiger partial charge is 0.204 e. The van der Waals surface area contributed by atoms with Gasteiger partial charge in [-0.1, -0.05) is 30.9 Å². The number of hydrogen-bond donors (Lipinski definition) is 0. The van der Waals surface area contributed by atoms with E-state index in [4.69, 9.17) is 21.4 Å². The first kappa shape index (κ1) is 18.9. The number of ether oxygens (including phenoxy) is 1. The lowest BCUT2D eigenvalue weighted by Crippen LogP contribution is -2.36. The Bertz CT molecular complexity index is 1080. The number of hydrogen-bond acceptors (Lipinski definition) is 6. The zero-order chi connectivity index (χ0) is 19.7. The van der Waals surface area contributed by atoms with Gasteiger partial charge in [-0.3, -0.25) is 4.79 Å². The number of anilines is 2. The molecule has 0 unspecified atom stereocenters. The third kappa shape index (κ3) is 3.48. The van der Waals surface area contributed by atoms with Gasteiger partial charge in [0.2, 0.25) is 5.43 Å². The molecule has 1 saturated heterocycles. The quantitative estimate of drug-likeness (QED) is 0.470. The molecule has 1 fully saturated rings. The summed E-state index contributed by atoms with van der Waals surface area (Å²) in [6, 6.07) is 9.61. The number of nitrogens with zero attached hydrogens (tertiary/aromatic N) is 2. The zero-order valence-electron chi connectivity index (χ0n) is 15.5. The predicted molar refractivity (Wildman–Crippen MR) is 120 cm³/mol. The summed E-state index contributed by atoms with van der Waals surface area (Å²) in [7, 11) is 1.91. The number of thiocarbonyl (C=S) groups is 1. The number of fused-ring (bicyclic) bond motifs is 1. The van der Waals surface area contributed by atoms with Gasteiger partial charge in [0, 0.05) is 42.8 Å².